The largest absolute Gasteiger partial charge is 0.388 e. The van der Waals surface area contributed by atoms with Gasteiger partial charge in [-0.05, 0) is 6.42 Å². The fourth-order valence-corrected chi connectivity index (χ4v) is 2.49. The summed E-state index contributed by atoms with van der Waals surface area (Å²) in [5, 5.41) is 10.2. The van der Waals surface area contributed by atoms with Gasteiger partial charge in [-0.25, -0.2) is 13.6 Å². The summed E-state index contributed by atoms with van der Waals surface area (Å²) in [4.78, 5) is 15.0. The molecule has 0 amide bonds. The molecule has 2 rings (SSSR count). The van der Waals surface area contributed by atoms with E-state index < -0.39 is 47.9 Å². The van der Waals surface area contributed by atoms with E-state index in [1.54, 1.807) is 13.8 Å². The lowest BCUT2D eigenvalue weighted by Gasteiger charge is -2.28. The van der Waals surface area contributed by atoms with Crippen LogP contribution in [0.25, 0.3) is 0 Å². The van der Waals surface area contributed by atoms with Crippen molar-refractivity contribution in [2.45, 2.75) is 38.2 Å². The zero-order valence-corrected chi connectivity index (χ0v) is 11.2. The Hall–Kier alpha value is -1.54. The summed E-state index contributed by atoms with van der Waals surface area (Å²) in [5.41, 5.74) is 3.14. The number of hydrogen-bond donors (Lipinski definition) is 2. The van der Waals surface area contributed by atoms with Gasteiger partial charge in [0.25, 0.3) is 0 Å². The predicted molar refractivity (Wildman–Crippen MR) is 67.2 cm³/mol. The molecule has 0 spiro atoms. The number of aliphatic hydroxyl groups is 1. The maximum atomic E-state index is 13.4. The van der Waals surface area contributed by atoms with E-state index in [2.05, 4.69) is 4.98 Å². The fourth-order valence-electron chi connectivity index (χ4n) is 2.49. The minimum Gasteiger partial charge on any atom is -0.388 e. The molecule has 0 radical (unpaired) electrons. The minimum atomic E-state index is -1.19. The molecule has 4 atom stereocenters. The van der Waals surface area contributed by atoms with Crippen LogP contribution in [0.4, 0.5) is 14.6 Å². The van der Waals surface area contributed by atoms with E-state index in [9.17, 15) is 18.7 Å². The number of nitrogen functional groups attached to an aromatic ring is 1. The molecule has 1 fully saturated rings. The number of anilines is 1. The molecule has 112 valence electrons. The third kappa shape index (κ3) is 2.08. The summed E-state index contributed by atoms with van der Waals surface area (Å²) >= 11 is 0. The third-order valence-corrected chi connectivity index (χ3v) is 4.02. The highest BCUT2D eigenvalue weighted by Crippen LogP contribution is 2.43. The average molecular weight is 289 g/mol. The number of halogens is 2. The molecule has 20 heavy (non-hydrogen) atoms. The molecule has 6 nitrogen and oxygen atoms in total. The first kappa shape index (κ1) is 14.9. The number of hydrogen-bond acceptors (Lipinski definition) is 5. The van der Waals surface area contributed by atoms with Crippen molar-refractivity contribution in [3.8, 4) is 0 Å². The number of ether oxygens (including phenoxy) is 1. The highest BCUT2D eigenvalue weighted by molar-refractivity contribution is 5.26. The highest BCUT2D eigenvalue weighted by Gasteiger charge is 2.52. The first-order chi connectivity index (χ1) is 9.36. The molecule has 2 heterocycles. The second-order valence-corrected chi connectivity index (χ2v) is 5.00. The summed E-state index contributed by atoms with van der Waals surface area (Å²) in [6, 6.07) is 0. The molecule has 1 aliphatic heterocycles. The van der Waals surface area contributed by atoms with Crippen LogP contribution in [0, 0.1) is 11.7 Å². The zero-order valence-electron chi connectivity index (χ0n) is 11.2. The van der Waals surface area contributed by atoms with Crippen molar-refractivity contribution < 1.29 is 18.6 Å². The molecular formula is C12H17F2N3O3. The normalized spacial score (nSPS) is 33.5. The molecule has 0 bridgehead atoms. The van der Waals surface area contributed by atoms with Crippen LogP contribution in [0.1, 0.15) is 26.5 Å². The molecule has 0 aliphatic carbocycles. The summed E-state index contributed by atoms with van der Waals surface area (Å²) in [6.07, 6.45) is -1.20. The SMILES string of the molecule is CC[C@@]1(CF)O[C@@H](n2cc(F)c(N)nc2=O)[C@@H](O)[C@@H]1C. The zero-order chi connectivity index (χ0) is 15.1. The van der Waals surface area contributed by atoms with Crippen molar-refractivity contribution in [1.82, 2.24) is 9.55 Å². The van der Waals surface area contributed by atoms with Crippen molar-refractivity contribution in [2.24, 2.45) is 5.92 Å². The molecular weight excluding hydrogens is 272 g/mol. The van der Waals surface area contributed by atoms with Crippen LogP contribution in [0.15, 0.2) is 11.0 Å². The van der Waals surface area contributed by atoms with Gasteiger partial charge in [0, 0.05) is 5.92 Å². The molecule has 0 saturated carbocycles. The van der Waals surface area contributed by atoms with Crippen LogP contribution in [0.5, 0.6) is 0 Å². The Morgan fingerprint density at radius 2 is 2.30 bits per heavy atom. The van der Waals surface area contributed by atoms with Gasteiger partial charge in [-0.15, -0.1) is 0 Å². The Morgan fingerprint density at radius 3 is 2.80 bits per heavy atom. The lowest BCUT2D eigenvalue weighted by atomic mass is 9.86. The number of nitrogens with zero attached hydrogens (tertiary/aromatic N) is 2. The second kappa shape index (κ2) is 5.10. The fraction of sp³-hybridized carbons (Fsp3) is 0.667. The van der Waals surface area contributed by atoms with Crippen LogP contribution in [-0.4, -0.2) is 33.0 Å². The van der Waals surface area contributed by atoms with Crippen molar-refractivity contribution in [2.75, 3.05) is 12.4 Å². The van der Waals surface area contributed by atoms with Gasteiger partial charge in [-0.3, -0.25) is 4.57 Å². The second-order valence-electron chi connectivity index (χ2n) is 5.00. The molecule has 3 N–H and O–H groups in total. The van der Waals surface area contributed by atoms with Crippen molar-refractivity contribution >= 4 is 5.82 Å². The van der Waals surface area contributed by atoms with E-state index in [0.717, 1.165) is 10.8 Å². The maximum Gasteiger partial charge on any atom is 0.351 e. The number of rotatable bonds is 3. The molecule has 0 aromatic carbocycles. The van der Waals surface area contributed by atoms with Gasteiger partial charge in [-0.2, -0.15) is 4.98 Å². The van der Waals surface area contributed by atoms with E-state index in [4.69, 9.17) is 10.5 Å². The van der Waals surface area contributed by atoms with E-state index in [1.165, 1.54) is 0 Å². The summed E-state index contributed by atoms with van der Waals surface area (Å²) < 4.78 is 33.0. The topological polar surface area (TPSA) is 90.4 Å². The minimum absolute atomic E-state index is 0.317. The van der Waals surface area contributed by atoms with E-state index in [0.29, 0.717) is 6.42 Å². The van der Waals surface area contributed by atoms with Crippen LogP contribution in [-0.2, 0) is 4.74 Å². The highest BCUT2D eigenvalue weighted by atomic mass is 19.1. The average Bonchev–Trinajstić information content (AvgIpc) is 2.68. The quantitative estimate of drug-likeness (QED) is 0.850. The smallest absolute Gasteiger partial charge is 0.351 e. The third-order valence-electron chi connectivity index (χ3n) is 4.02. The van der Waals surface area contributed by atoms with E-state index >= 15 is 0 Å². The standard InChI is InChI=1S/C12H17F2N3O3/c1-3-12(5-13)6(2)8(18)10(20-12)17-4-7(14)9(15)16-11(17)19/h4,6,8,10,18H,3,5H2,1-2H3,(H2,15,16,19)/t6-,8-,10+,12-/m0/s1. The molecule has 1 saturated heterocycles. The Balaban J connectivity index is 2.45. The molecule has 0 unspecified atom stereocenters. The first-order valence-electron chi connectivity index (χ1n) is 6.32. The van der Waals surface area contributed by atoms with Crippen LogP contribution in [0.2, 0.25) is 0 Å². The molecule has 1 aromatic heterocycles. The monoisotopic (exact) mass is 289 g/mol. The first-order valence-corrected chi connectivity index (χ1v) is 6.32. The van der Waals surface area contributed by atoms with Crippen molar-refractivity contribution in [3.63, 3.8) is 0 Å². The Morgan fingerprint density at radius 1 is 1.65 bits per heavy atom. The Kier molecular flexibility index (Phi) is 3.79. The predicted octanol–water partition coefficient (Wildman–Crippen LogP) is 0.609. The van der Waals surface area contributed by atoms with Gasteiger partial charge >= 0.3 is 5.69 Å². The Labute approximate surface area is 114 Å². The number of alkyl halides is 1. The summed E-state index contributed by atoms with van der Waals surface area (Å²) in [7, 11) is 0. The van der Waals surface area contributed by atoms with E-state index in [1.807, 2.05) is 0 Å². The van der Waals surface area contributed by atoms with Crippen molar-refractivity contribution in [3.05, 3.63) is 22.5 Å². The van der Waals surface area contributed by atoms with Gasteiger partial charge < -0.3 is 15.6 Å². The lowest BCUT2D eigenvalue weighted by molar-refractivity contribution is -0.106. The van der Waals surface area contributed by atoms with Crippen LogP contribution in [0.3, 0.4) is 0 Å². The Bertz CT molecular complexity index is 559. The van der Waals surface area contributed by atoms with Gasteiger partial charge in [0.1, 0.15) is 18.4 Å². The van der Waals surface area contributed by atoms with Crippen LogP contribution >= 0.6 is 0 Å². The number of nitrogens with two attached hydrogens (primary N) is 1. The van der Waals surface area contributed by atoms with Crippen molar-refractivity contribution in [1.29, 1.82) is 0 Å². The summed E-state index contributed by atoms with van der Waals surface area (Å²) in [6.45, 7) is 2.54. The van der Waals surface area contributed by atoms with Gasteiger partial charge in [0.15, 0.2) is 17.9 Å². The molecule has 1 aliphatic rings. The maximum absolute atomic E-state index is 13.4. The molecule has 8 heteroatoms. The molecule has 1 aromatic rings. The van der Waals surface area contributed by atoms with Gasteiger partial charge in [0.2, 0.25) is 0 Å². The van der Waals surface area contributed by atoms with E-state index in [-0.39, 0.29) is 0 Å². The number of aromatic nitrogens is 2. The van der Waals surface area contributed by atoms with Crippen LogP contribution < -0.4 is 11.4 Å². The number of aliphatic hydroxyl groups excluding tert-OH is 1. The summed E-state index contributed by atoms with van der Waals surface area (Å²) in [5.74, 6) is -1.98. The lowest BCUT2D eigenvalue weighted by Crippen LogP contribution is -2.38. The van der Waals surface area contributed by atoms with Gasteiger partial charge in [-0.1, -0.05) is 13.8 Å². The van der Waals surface area contributed by atoms with Gasteiger partial charge in [0.05, 0.1) is 6.20 Å².